The van der Waals surface area contributed by atoms with E-state index in [1.807, 2.05) is 42.2 Å². The van der Waals surface area contributed by atoms with Gasteiger partial charge in [0.05, 0.1) is 30.1 Å². The van der Waals surface area contributed by atoms with Crippen molar-refractivity contribution in [3.8, 4) is 0 Å². The standard InChI is InChI=1S/C26H31ClN6O5S/c1-4-17-21(27)32-22(29-17)23(34)30-18-11-12-33(25-28-15(3)20(39-25)24(35)37-5-2)13-19(18)31-26(36)38-14-16-9-7-6-8-10-16/h6-10,18-19H,4-5,11-14H2,1-3H3,(H,29,32)(H,30,34)(H,31,36)/t18-,19-/m0/s1. The number of anilines is 1. The second-order valence-electron chi connectivity index (χ2n) is 8.97. The normalized spacial score (nSPS) is 17.0. The number of thiazole rings is 1. The molecule has 0 radical (unpaired) electrons. The van der Waals surface area contributed by atoms with Gasteiger partial charge in [-0.25, -0.2) is 19.6 Å². The Morgan fingerprint density at radius 3 is 2.59 bits per heavy atom. The average Bonchev–Trinajstić information content (AvgIpc) is 3.51. The highest BCUT2D eigenvalue weighted by atomic mass is 35.5. The molecule has 2 aromatic heterocycles. The van der Waals surface area contributed by atoms with Crippen LogP contribution in [0, 0.1) is 6.92 Å². The van der Waals surface area contributed by atoms with Crippen molar-refractivity contribution in [2.75, 3.05) is 24.6 Å². The minimum absolute atomic E-state index is 0.110. The average molecular weight is 575 g/mol. The molecule has 3 N–H and O–H groups in total. The topological polar surface area (TPSA) is 139 Å². The van der Waals surface area contributed by atoms with Crippen LogP contribution < -0.4 is 15.5 Å². The number of nitrogens with zero attached hydrogens (tertiary/aromatic N) is 3. The number of benzene rings is 1. The molecule has 39 heavy (non-hydrogen) atoms. The minimum Gasteiger partial charge on any atom is -0.462 e. The van der Waals surface area contributed by atoms with Crippen LogP contribution in [-0.2, 0) is 22.5 Å². The third-order valence-corrected chi connectivity index (χ3v) is 7.77. The van der Waals surface area contributed by atoms with Crippen LogP contribution in [0.3, 0.4) is 0 Å². The van der Waals surface area contributed by atoms with Crippen LogP contribution in [0.2, 0.25) is 5.15 Å². The Hall–Kier alpha value is -3.64. The quantitative estimate of drug-likeness (QED) is 0.327. The van der Waals surface area contributed by atoms with E-state index in [9.17, 15) is 14.4 Å². The van der Waals surface area contributed by atoms with Crippen LogP contribution in [-0.4, -0.2) is 64.7 Å². The molecule has 2 amide bonds. The van der Waals surface area contributed by atoms with Gasteiger partial charge in [0, 0.05) is 13.1 Å². The number of imidazole rings is 1. The summed E-state index contributed by atoms with van der Waals surface area (Å²) in [6.07, 6.45) is 0.495. The first-order valence-electron chi connectivity index (χ1n) is 12.7. The van der Waals surface area contributed by atoms with E-state index in [1.54, 1.807) is 13.8 Å². The molecular formula is C26H31ClN6O5S. The van der Waals surface area contributed by atoms with Crippen molar-refractivity contribution >= 4 is 46.0 Å². The zero-order valence-corrected chi connectivity index (χ0v) is 23.5. The van der Waals surface area contributed by atoms with Crippen LogP contribution in [0.5, 0.6) is 0 Å². The van der Waals surface area contributed by atoms with Gasteiger partial charge in [-0.05, 0) is 32.3 Å². The van der Waals surface area contributed by atoms with Crippen LogP contribution >= 0.6 is 22.9 Å². The molecule has 0 unspecified atom stereocenters. The summed E-state index contributed by atoms with van der Waals surface area (Å²) in [5, 5.41) is 6.76. The minimum atomic E-state index is -0.609. The number of H-pyrrole nitrogens is 1. The summed E-state index contributed by atoms with van der Waals surface area (Å²) in [6, 6.07) is 8.42. The van der Waals surface area contributed by atoms with Gasteiger partial charge in [0.1, 0.15) is 11.5 Å². The number of nitrogens with one attached hydrogen (secondary N) is 3. The van der Waals surface area contributed by atoms with Gasteiger partial charge in [-0.1, -0.05) is 60.2 Å². The lowest BCUT2D eigenvalue weighted by atomic mass is 9.99. The van der Waals surface area contributed by atoms with E-state index in [1.165, 1.54) is 11.3 Å². The summed E-state index contributed by atoms with van der Waals surface area (Å²) in [6.45, 7) is 6.67. The van der Waals surface area contributed by atoms with Crippen LogP contribution in [0.15, 0.2) is 30.3 Å². The van der Waals surface area contributed by atoms with E-state index >= 15 is 0 Å². The molecule has 11 nitrogen and oxygen atoms in total. The number of alkyl carbamates (subject to hydrolysis) is 1. The van der Waals surface area contributed by atoms with Crippen molar-refractivity contribution in [2.24, 2.45) is 0 Å². The zero-order chi connectivity index (χ0) is 27.9. The Morgan fingerprint density at radius 2 is 1.90 bits per heavy atom. The third-order valence-electron chi connectivity index (χ3n) is 6.26. The molecule has 1 saturated heterocycles. The SMILES string of the molecule is CCOC(=O)c1sc(N2CC[C@H](NC(=O)c3nc(Cl)c(CC)[nH]3)[C@@H](NC(=O)OCc3ccccc3)C2)nc1C. The van der Waals surface area contributed by atoms with Crippen molar-refractivity contribution < 1.29 is 23.9 Å². The molecule has 0 aliphatic carbocycles. The fourth-order valence-corrected chi connectivity index (χ4v) is 5.49. The number of halogens is 1. The summed E-state index contributed by atoms with van der Waals surface area (Å²) in [5.41, 5.74) is 2.11. The number of ether oxygens (including phenoxy) is 2. The molecule has 4 rings (SSSR count). The highest BCUT2D eigenvalue weighted by Crippen LogP contribution is 2.29. The molecule has 3 aromatic rings. The van der Waals surface area contributed by atoms with E-state index in [4.69, 9.17) is 21.1 Å². The molecule has 0 saturated carbocycles. The lowest BCUT2D eigenvalue weighted by Crippen LogP contribution is -2.60. The number of carbonyl (C=O) groups excluding carboxylic acids is 3. The fraction of sp³-hybridized carbons (Fsp3) is 0.423. The number of hydrogen-bond acceptors (Lipinski definition) is 9. The number of aromatic amines is 1. The van der Waals surface area contributed by atoms with E-state index in [0.29, 0.717) is 47.3 Å². The predicted molar refractivity (Wildman–Crippen MR) is 147 cm³/mol. The lowest BCUT2D eigenvalue weighted by molar-refractivity contribution is 0.0530. The second kappa shape index (κ2) is 12.9. The molecule has 3 heterocycles. The molecule has 1 aliphatic heterocycles. The van der Waals surface area contributed by atoms with Gasteiger partial charge in [0.15, 0.2) is 16.1 Å². The van der Waals surface area contributed by atoms with Gasteiger partial charge < -0.3 is 30.0 Å². The molecule has 13 heteroatoms. The Balaban J connectivity index is 1.49. The van der Waals surface area contributed by atoms with E-state index in [0.717, 1.165) is 5.56 Å². The Kier molecular flexibility index (Phi) is 9.41. The van der Waals surface area contributed by atoms with E-state index in [2.05, 4.69) is 25.6 Å². The van der Waals surface area contributed by atoms with Gasteiger partial charge in [-0.2, -0.15) is 0 Å². The Morgan fingerprint density at radius 1 is 1.13 bits per heavy atom. The molecule has 1 aliphatic rings. The van der Waals surface area contributed by atoms with Gasteiger partial charge in [-0.3, -0.25) is 4.79 Å². The maximum atomic E-state index is 13.0. The van der Waals surface area contributed by atoms with Crippen molar-refractivity contribution in [2.45, 2.75) is 52.3 Å². The molecule has 2 atom stereocenters. The fourth-order valence-electron chi connectivity index (χ4n) is 4.23. The van der Waals surface area contributed by atoms with Crippen molar-refractivity contribution in [3.63, 3.8) is 0 Å². The van der Waals surface area contributed by atoms with Crippen LogP contribution in [0.1, 0.15) is 57.5 Å². The monoisotopic (exact) mass is 574 g/mol. The molecule has 208 valence electrons. The Bertz CT molecular complexity index is 1310. The predicted octanol–water partition coefficient (Wildman–Crippen LogP) is 3.87. The second-order valence-corrected chi connectivity index (χ2v) is 10.3. The summed E-state index contributed by atoms with van der Waals surface area (Å²) >= 11 is 7.36. The number of aryl methyl sites for hydroxylation is 2. The number of hydrogen-bond donors (Lipinski definition) is 3. The molecular weight excluding hydrogens is 544 g/mol. The van der Waals surface area contributed by atoms with Crippen molar-refractivity contribution in [3.05, 3.63) is 63.1 Å². The highest BCUT2D eigenvalue weighted by molar-refractivity contribution is 7.17. The van der Waals surface area contributed by atoms with Gasteiger partial charge >= 0.3 is 12.1 Å². The number of carbonyl (C=O) groups is 3. The first-order valence-corrected chi connectivity index (χ1v) is 13.9. The Labute approximate surface area is 235 Å². The third kappa shape index (κ3) is 7.07. The molecule has 0 bridgehead atoms. The number of rotatable bonds is 9. The van der Waals surface area contributed by atoms with Crippen LogP contribution in [0.4, 0.5) is 9.93 Å². The largest absolute Gasteiger partial charge is 0.462 e. The number of amides is 2. The van der Waals surface area contributed by atoms with E-state index < -0.39 is 30.1 Å². The molecule has 1 aromatic carbocycles. The summed E-state index contributed by atoms with van der Waals surface area (Å²) in [7, 11) is 0. The highest BCUT2D eigenvalue weighted by Gasteiger charge is 2.34. The lowest BCUT2D eigenvalue weighted by Gasteiger charge is -2.38. The van der Waals surface area contributed by atoms with E-state index in [-0.39, 0.29) is 24.2 Å². The summed E-state index contributed by atoms with van der Waals surface area (Å²) in [4.78, 5) is 52.1. The molecule has 0 spiro atoms. The molecule has 1 fully saturated rings. The summed E-state index contributed by atoms with van der Waals surface area (Å²) in [5.74, 6) is -0.725. The maximum absolute atomic E-state index is 13.0. The number of esters is 1. The van der Waals surface area contributed by atoms with Gasteiger partial charge in [0.2, 0.25) is 0 Å². The van der Waals surface area contributed by atoms with Crippen molar-refractivity contribution in [1.82, 2.24) is 25.6 Å². The maximum Gasteiger partial charge on any atom is 0.407 e. The van der Waals surface area contributed by atoms with Gasteiger partial charge in [-0.15, -0.1) is 0 Å². The van der Waals surface area contributed by atoms with Crippen LogP contribution in [0.25, 0.3) is 0 Å². The van der Waals surface area contributed by atoms with Crippen molar-refractivity contribution in [1.29, 1.82) is 0 Å². The first kappa shape index (κ1) is 28.4. The number of piperidine rings is 1. The summed E-state index contributed by atoms with van der Waals surface area (Å²) < 4.78 is 10.6. The zero-order valence-electron chi connectivity index (χ0n) is 22.0. The smallest absolute Gasteiger partial charge is 0.407 e. The first-order chi connectivity index (χ1) is 18.8. The van der Waals surface area contributed by atoms with Gasteiger partial charge in [0.25, 0.3) is 5.91 Å². The number of aromatic nitrogens is 3.